The van der Waals surface area contributed by atoms with Crippen molar-refractivity contribution in [2.24, 2.45) is 11.8 Å². The summed E-state index contributed by atoms with van der Waals surface area (Å²) in [5, 5.41) is 11.5. The molecule has 0 spiro atoms. The van der Waals surface area contributed by atoms with Crippen LogP contribution in [-0.4, -0.2) is 84.8 Å². The molecule has 2 saturated heterocycles. The third kappa shape index (κ3) is 9.46. The summed E-state index contributed by atoms with van der Waals surface area (Å²) in [7, 11) is 0. The van der Waals surface area contributed by atoms with Gasteiger partial charge in [-0.05, 0) is 60.9 Å². The lowest BCUT2D eigenvalue weighted by atomic mass is 9.82. The SMILES string of the molecule is CC[C@H]1O[C@@H](OC[C@H]2OC(O)[C@H](OC(=O)c3ccccc3)[C@@H](OC(=O)c3ccccc3)[C@@H]2OC(=O)c2ccccc2)[C@H](OC(=O)c2ccccc2)[C@@H](C)[C@@H]1C. The van der Waals surface area contributed by atoms with Crippen LogP contribution in [0.15, 0.2) is 121 Å². The van der Waals surface area contributed by atoms with Gasteiger partial charge in [0.15, 0.2) is 37.0 Å². The van der Waals surface area contributed by atoms with Crippen LogP contribution in [0.2, 0.25) is 0 Å². The molecule has 55 heavy (non-hydrogen) atoms. The highest BCUT2D eigenvalue weighted by Gasteiger charge is 2.53. The van der Waals surface area contributed by atoms with Gasteiger partial charge in [0.05, 0.1) is 35.0 Å². The Labute approximate surface area is 319 Å². The fraction of sp³-hybridized carbons (Fsp3) is 0.349. The van der Waals surface area contributed by atoms with Crippen molar-refractivity contribution < 1.29 is 57.4 Å². The average molecular weight is 753 g/mol. The normalized spacial score (nSPS) is 27.6. The first-order chi connectivity index (χ1) is 26.6. The lowest BCUT2D eigenvalue weighted by Gasteiger charge is -2.45. The summed E-state index contributed by atoms with van der Waals surface area (Å²) in [6.45, 7) is 5.54. The van der Waals surface area contributed by atoms with Gasteiger partial charge >= 0.3 is 23.9 Å². The van der Waals surface area contributed by atoms with Crippen molar-refractivity contribution in [3.63, 3.8) is 0 Å². The van der Waals surface area contributed by atoms with Gasteiger partial charge in [0.2, 0.25) is 0 Å². The molecule has 4 aromatic carbocycles. The molecule has 10 atom stereocenters. The lowest BCUT2D eigenvalue weighted by Crippen LogP contribution is -2.63. The van der Waals surface area contributed by atoms with Crippen LogP contribution in [0.1, 0.15) is 68.6 Å². The quantitative estimate of drug-likeness (QED) is 0.133. The summed E-state index contributed by atoms with van der Waals surface area (Å²) in [6.07, 6.45) is -9.50. The van der Waals surface area contributed by atoms with Gasteiger partial charge < -0.3 is 38.3 Å². The van der Waals surface area contributed by atoms with Crippen molar-refractivity contribution in [3.8, 4) is 0 Å². The second-order valence-corrected chi connectivity index (χ2v) is 13.5. The number of aliphatic hydroxyl groups is 1. The molecule has 12 nitrogen and oxygen atoms in total. The predicted octanol–water partition coefficient (Wildman–Crippen LogP) is 6.03. The zero-order valence-corrected chi connectivity index (χ0v) is 30.7. The number of aliphatic hydroxyl groups excluding tert-OH is 1. The minimum atomic E-state index is -1.87. The molecule has 2 fully saturated rings. The van der Waals surface area contributed by atoms with Crippen molar-refractivity contribution in [2.75, 3.05) is 6.61 Å². The molecule has 2 heterocycles. The van der Waals surface area contributed by atoms with E-state index < -0.39 is 73.6 Å². The monoisotopic (exact) mass is 752 g/mol. The Balaban J connectivity index is 1.32. The number of ether oxygens (including phenoxy) is 7. The highest BCUT2D eigenvalue weighted by molar-refractivity contribution is 5.91. The minimum absolute atomic E-state index is 0.00686. The smallest absolute Gasteiger partial charge is 0.338 e. The summed E-state index contributed by atoms with van der Waals surface area (Å²) >= 11 is 0. The molecule has 1 N–H and O–H groups in total. The van der Waals surface area contributed by atoms with Gasteiger partial charge in [0.1, 0.15) is 6.10 Å². The van der Waals surface area contributed by atoms with Gasteiger partial charge in [0.25, 0.3) is 0 Å². The fourth-order valence-electron chi connectivity index (χ4n) is 6.71. The second kappa shape index (κ2) is 18.3. The van der Waals surface area contributed by atoms with Crippen molar-refractivity contribution in [1.29, 1.82) is 0 Å². The van der Waals surface area contributed by atoms with Crippen LogP contribution in [0, 0.1) is 11.8 Å². The molecule has 0 bridgehead atoms. The minimum Gasteiger partial charge on any atom is -0.453 e. The van der Waals surface area contributed by atoms with E-state index in [0.29, 0.717) is 12.0 Å². The zero-order chi connectivity index (χ0) is 38.9. The van der Waals surface area contributed by atoms with Gasteiger partial charge in [-0.1, -0.05) is 93.6 Å². The third-order valence-corrected chi connectivity index (χ3v) is 9.96. The van der Waals surface area contributed by atoms with Crippen molar-refractivity contribution in [2.45, 2.75) is 76.4 Å². The van der Waals surface area contributed by atoms with E-state index >= 15 is 0 Å². The summed E-state index contributed by atoms with van der Waals surface area (Å²) in [5.41, 5.74) is 0.844. The number of rotatable bonds is 12. The average Bonchev–Trinajstić information content (AvgIpc) is 3.22. The van der Waals surface area contributed by atoms with E-state index in [1.54, 1.807) is 97.1 Å². The van der Waals surface area contributed by atoms with Gasteiger partial charge in [0, 0.05) is 5.92 Å². The molecule has 2 aliphatic heterocycles. The van der Waals surface area contributed by atoms with Crippen LogP contribution in [0.25, 0.3) is 0 Å². The molecule has 2 aliphatic rings. The van der Waals surface area contributed by atoms with E-state index in [0.717, 1.165) is 0 Å². The Morgan fingerprint density at radius 3 is 1.31 bits per heavy atom. The van der Waals surface area contributed by atoms with Crippen LogP contribution in [0.4, 0.5) is 0 Å². The molecule has 1 unspecified atom stereocenters. The zero-order valence-electron chi connectivity index (χ0n) is 30.7. The summed E-state index contributed by atoms with van der Waals surface area (Å²) < 4.78 is 42.5. The Kier molecular flexibility index (Phi) is 13.1. The van der Waals surface area contributed by atoms with Crippen molar-refractivity contribution >= 4 is 23.9 Å². The lowest BCUT2D eigenvalue weighted by molar-refractivity contribution is -0.312. The maximum Gasteiger partial charge on any atom is 0.338 e. The van der Waals surface area contributed by atoms with Crippen molar-refractivity contribution in [1.82, 2.24) is 0 Å². The first-order valence-electron chi connectivity index (χ1n) is 18.3. The van der Waals surface area contributed by atoms with Crippen LogP contribution < -0.4 is 0 Å². The van der Waals surface area contributed by atoms with Crippen LogP contribution >= 0.6 is 0 Å². The number of carbonyl (C=O) groups is 4. The molecule has 4 aromatic rings. The standard InChI is InChI=1S/C43H44O12/c1-4-32-26(2)27(3)34(52-38(44)28-17-9-5-10-18-28)43(51-32)49-25-33-35(53-39(45)29-19-11-6-12-20-29)36(54-40(46)30-21-13-7-14-22-30)37(42(48)50-33)55-41(47)31-23-15-8-16-24-31/h5-24,26-27,32-37,42-43,48H,4,25H2,1-3H3/t26-,27-,32+,33+,34+,35+,36-,37+,42?,43+/m0/s1. The van der Waals surface area contributed by atoms with E-state index in [4.69, 9.17) is 33.2 Å². The molecule has 0 radical (unpaired) electrons. The van der Waals surface area contributed by atoms with E-state index in [1.165, 1.54) is 24.3 Å². The summed E-state index contributed by atoms with van der Waals surface area (Å²) in [5.74, 6) is -3.26. The van der Waals surface area contributed by atoms with E-state index in [-0.39, 0.29) is 34.6 Å². The number of carbonyl (C=O) groups excluding carboxylic acids is 4. The summed E-state index contributed by atoms with van der Waals surface area (Å²) in [6, 6.07) is 32.7. The van der Waals surface area contributed by atoms with Crippen LogP contribution in [-0.2, 0) is 33.2 Å². The molecule has 288 valence electrons. The van der Waals surface area contributed by atoms with Gasteiger partial charge in [-0.3, -0.25) is 0 Å². The Morgan fingerprint density at radius 2 is 0.891 bits per heavy atom. The molecular weight excluding hydrogens is 708 g/mol. The molecular formula is C43H44O12. The Morgan fingerprint density at radius 1 is 0.509 bits per heavy atom. The largest absolute Gasteiger partial charge is 0.453 e. The number of hydrogen-bond acceptors (Lipinski definition) is 12. The molecule has 0 aromatic heterocycles. The number of esters is 4. The first-order valence-corrected chi connectivity index (χ1v) is 18.3. The Hall–Kier alpha value is -5.40. The highest BCUT2D eigenvalue weighted by Crippen LogP contribution is 2.36. The van der Waals surface area contributed by atoms with E-state index in [1.807, 2.05) is 20.8 Å². The first kappa shape index (κ1) is 39.3. The van der Waals surface area contributed by atoms with Gasteiger partial charge in [-0.15, -0.1) is 0 Å². The predicted molar refractivity (Wildman–Crippen MR) is 197 cm³/mol. The number of hydrogen-bond donors (Lipinski definition) is 1. The van der Waals surface area contributed by atoms with Gasteiger partial charge in [-0.2, -0.15) is 0 Å². The molecule has 12 heteroatoms. The maximum absolute atomic E-state index is 13.7. The van der Waals surface area contributed by atoms with Crippen molar-refractivity contribution in [3.05, 3.63) is 144 Å². The topological polar surface area (TPSA) is 153 Å². The number of benzene rings is 4. The van der Waals surface area contributed by atoms with Gasteiger partial charge in [-0.25, -0.2) is 19.2 Å². The highest BCUT2D eigenvalue weighted by atomic mass is 16.7. The fourth-order valence-corrected chi connectivity index (χ4v) is 6.71. The van der Waals surface area contributed by atoms with Crippen LogP contribution in [0.5, 0.6) is 0 Å². The van der Waals surface area contributed by atoms with E-state index in [2.05, 4.69) is 0 Å². The summed E-state index contributed by atoms with van der Waals surface area (Å²) in [4.78, 5) is 53.9. The molecule has 0 aliphatic carbocycles. The molecule has 6 rings (SSSR count). The second-order valence-electron chi connectivity index (χ2n) is 13.5. The maximum atomic E-state index is 13.7. The third-order valence-electron chi connectivity index (χ3n) is 9.96. The molecule has 0 amide bonds. The van der Waals surface area contributed by atoms with Crippen LogP contribution in [0.3, 0.4) is 0 Å². The van der Waals surface area contributed by atoms with E-state index in [9.17, 15) is 24.3 Å². The molecule has 0 saturated carbocycles. The Bertz CT molecular complexity index is 1870.